The zero-order valence-corrected chi connectivity index (χ0v) is 15.2. The summed E-state index contributed by atoms with van der Waals surface area (Å²) >= 11 is 0. The van der Waals surface area contributed by atoms with Gasteiger partial charge in [-0.1, -0.05) is 26.0 Å². The van der Waals surface area contributed by atoms with Crippen molar-refractivity contribution in [3.63, 3.8) is 0 Å². The maximum atomic E-state index is 12.7. The number of para-hydroxylation sites is 2. The highest BCUT2D eigenvalue weighted by Crippen LogP contribution is 2.34. The van der Waals surface area contributed by atoms with E-state index in [0.717, 1.165) is 37.2 Å². The number of benzene rings is 1. The summed E-state index contributed by atoms with van der Waals surface area (Å²) in [5.41, 5.74) is 0.774. The van der Waals surface area contributed by atoms with Crippen molar-refractivity contribution >= 4 is 17.5 Å². The lowest BCUT2D eigenvalue weighted by atomic mass is 9.99. The molecule has 2 unspecified atom stereocenters. The van der Waals surface area contributed by atoms with E-state index in [1.165, 1.54) is 6.42 Å². The van der Waals surface area contributed by atoms with E-state index in [1.54, 1.807) is 4.90 Å². The molecule has 25 heavy (non-hydrogen) atoms. The molecule has 0 aliphatic carbocycles. The quantitative estimate of drug-likeness (QED) is 0.823. The zero-order valence-electron chi connectivity index (χ0n) is 15.2. The minimum Gasteiger partial charge on any atom is -0.478 e. The van der Waals surface area contributed by atoms with Crippen LogP contribution in [0.1, 0.15) is 52.4 Å². The average molecular weight is 344 g/mol. The Labute approximate surface area is 149 Å². The van der Waals surface area contributed by atoms with Gasteiger partial charge in [-0.3, -0.25) is 9.59 Å². The van der Waals surface area contributed by atoms with Crippen LogP contribution in [0, 0.1) is 0 Å². The highest BCUT2D eigenvalue weighted by Gasteiger charge is 2.34. The smallest absolute Gasteiger partial charge is 0.268 e. The highest BCUT2D eigenvalue weighted by atomic mass is 16.5. The lowest BCUT2D eigenvalue weighted by molar-refractivity contribution is -0.134. The second-order valence-corrected chi connectivity index (χ2v) is 6.87. The number of carbonyl (C=O) groups excluding carboxylic acids is 2. The number of likely N-dealkylation sites (tertiary alicyclic amines) is 1. The molecule has 2 atom stereocenters. The van der Waals surface area contributed by atoms with Gasteiger partial charge in [0.1, 0.15) is 5.75 Å². The van der Waals surface area contributed by atoms with Crippen molar-refractivity contribution in [3.8, 4) is 5.75 Å². The Bertz CT molecular complexity index is 631. The van der Waals surface area contributed by atoms with E-state index >= 15 is 0 Å². The van der Waals surface area contributed by atoms with Crippen molar-refractivity contribution < 1.29 is 14.3 Å². The number of nitrogens with zero attached hydrogens (tertiary/aromatic N) is 2. The van der Waals surface area contributed by atoms with Crippen molar-refractivity contribution in [1.29, 1.82) is 0 Å². The first-order chi connectivity index (χ1) is 12.2. The number of fused-ring (bicyclic) bond motifs is 1. The van der Waals surface area contributed by atoms with E-state index in [-0.39, 0.29) is 11.8 Å². The first kappa shape index (κ1) is 17.8. The largest absolute Gasteiger partial charge is 0.478 e. The second-order valence-electron chi connectivity index (χ2n) is 6.87. The first-order valence-corrected chi connectivity index (χ1v) is 9.52. The van der Waals surface area contributed by atoms with Gasteiger partial charge in [0.2, 0.25) is 5.91 Å². The number of carbonyl (C=O) groups is 2. The number of ether oxygens (including phenoxy) is 1. The van der Waals surface area contributed by atoms with Gasteiger partial charge in [0.15, 0.2) is 6.10 Å². The Morgan fingerprint density at radius 1 is 1.20 bits per heavy atom. The molecule has 0 N–H and O–H groups in total. The lowest BCUT2D eigenvalue weighted by Crippen LogP contribution is -2.48. The predicted octanol–water partition coefficient (Wildman–Crippen LogP) is 3.37. The summed E-state index contributed by atoms with van der Waals surface area (Å²) in [6.45, 7) is 5.35. The third-order valence-electron chi connectivity index (χ3n) is 5.31. The minimum atomic E-state index is -0.455. The molecule has 0 spiro atoms. The van der Waals surface area contributed by atoms with Crippen LogP contribution in [0.2, 0.25) is 0 Å². The van der Waals surface area contributed by atoms with Gasteiger partial charge in [0.25, 0.3) is 5.91 Å². The number of amides is 2. The van der Waals surface area contributed by atoms with Crippen LogP contribution in [0.5, 0.6) is 5.75 Å². The Balaban J connectivity index is 1.71. The summed E-state index contributed by atoms with van der Waals surface area (Å²) in [4.78, 5) is 29.2. The highest BCUT2D eigenvalue weighted by molar-refractivity contribution is 6.00. The van der Waals surface area contributed by atoms with Crippen molar-refractivity contribution in [3.05, 3.63) is 24.3 Å². The van der Waals surface area contributed by atoms with Crippen LogP contribution >= 0.6 is 0 Å². The normalized spacial score (nSPS) is 23.2. The second kappa shape index (κ2) is 7.89. The molecule has 1 aromatic carbocycles. The molecule has 3 rings (SSSR count). The van der Waals surface area contributed by atoms with Crippen LogP contribution in [0.4, 0.5) is 5.69 Å². The third kappa shape index (κ3) is 3.65. The van der Waals surface area contributed by atoms with Gasteiger partial charge in [-0.2, -0.15) is 0 Å². The average Bonchev–Trinajstić information content (AvgIpc) is 2.66. The molecule has 0 bridgehead atoms. The Morgan fingerprint density at radius 3 is 2.76 bits per heavy atom. The zero-order chi connectivity index (χ0) is 17.8. The minimum absolute atomic E-state index is 0.0420. The monoisotopic (exact) mass is 344 g/mol. The van der Waals surface area contributed by atoms with E-state index < -0.39 is 6.10 Å². The lowest BCUT2D eigenvalue weighted by Gasteiger charge is -2.37. The first-order valence-electron chi connectivity index (χ1n) is 9.52. The maximum absolute atomic E-state index is 12.7. The maximum Gasteiger partial charge on any atom is 0.268 e. The topological polar surface area (TPSA) is 49.9 Å². The molecule has 136 valence electrons. The van der Waals surface area contributed by atoms with Crippen molar-refractivity contribution in [2.75, 3.05) is 18.0 Å². The van der Waals surface area contributed by atoms with Crippen molar-refractivity contribution in [1.82, 2.24) is 4.90 Å². The summed E-state index contributed by atoms with van der Waals surface area (Å²) < 4.78 is 5.79. The molecule has 2 aliphatic rings. The molecular weight excluding hydrogens is 316 g/mol. The number of hydrogen-bond donors (Lipinski definition) is 0. The molecule has 1 saturated heterocycles. The van der Waals surface area contributed by atoms with Crippen LogP contribution in [-0.2, 0) is 9.59 Å². The Morgan fingerprint density at radius 2 is 2.00 bits per heavy atom. The fourth-order valence-corrected chi connectivity index (χ4v) is 3.87. The number of hydrogen-bond acceptors (Lipinski definition) is 3. The molecular formula is C20H28N2O3. The molecule has 2 amide bonds. The van der Waals surface area contributed by atoms with Gasteiger partial charge in [-0.25, -0.2) is 0 Å². The number of rotatable bonds is 5. The van der Waals surface area contributed by atoms with Crippen LogP contribution in [0.25, 0.3) is 0 Å². The van der Waals surface area contributed by atoms with Gasteiger partial charge >= 0.3 is 0 Å². The van der Waals surface area contributed by atoms with Crippen molar-refractivity contribution in [2.24, 2.45) is 0 Å². The van der Waals surface area contributed by atoms with Crippen LogP contribution in [-0.4, -0.2) is 41.9 Å². The van der Waals surface area contributed by atoms with Crippen LogP contribution in [0.15, 0.2) is 24.3 Å². The molecule has 2 aliphatic heterocycles. The number of piperidine rings is 1. The predicted molar refractivity (Wildman–Crippen MR) is 97.8 cm³/mol. The SMILES string of the molecule is CCC1Oc2ccccc2N(CCC(=O)N2CCCCC2CC)C1=O. The van der Waals surface area contributed by atoms with E-state index in [0.29, 0.717) is 25.4 Å². The fourth-order valence-electron chi connectivity index (χ4n) is 3.87. The van der Waals surface area contributed by atoms with Crippen molar-refractivity contribution in [2.45, 2.75) is 64.5 Å². The molecule has 1 fully saturated rings. The molecule has 0 saturated carbocycles. The molecule has 5 heteroatoms. The molecule has 0 aromatic heterocycles. The Hall–Kier alpha value is -2.04. The van der Waals surface area contributed by atoms with Crippen LogP contribution < -0.4 is 9.64 Å². The summed E-state index contributed by atoms with van der Waals surface area (Å²) in [5, 5.41) is 0. The molecule has 2 heterocycles. The summed E-state index contributed by atoms with van der Waals surface area (Å²) in [5.74, 6) is 0.849. The summed E-state index contributed by atoms with van der Waals surface area (Å²) in [7, 11) is 0. The fraction of sp³-hybridized carbons (Fsp3) is 0.600. The van der Waals surface area contributed by atoms with Crippen LogP contribution in [0.3, 0.4) is 0 Å². The molecule has 0 radical (unpaired) electrons. The van der Waals surface area contributed by atoms with Gasteiger partial charge < -0.3 is 14.5 Å². The summed E-state index contributed by atoms with van der Waals surface area (Å²) in [6.07, 6.45) is 4.93. The number of anilines is 1. The van der Waals surface area contributed by atoms with E-state index in [4.69, 9.17) is 4.74 Å². The Kier molecular flexibility index (Phi) is 5.61. The molecule has 1 aromatic rings. The van der Waals surface area contributed by atoms with E-state index in [9.17, 15) is 9.59 Å². The standard InChI is InChI=1S/C20H28N2O3/c1-3-15-9-7-8-13-21(15)19(23)12-14-22-16-10-5-6-11-18(16)25-17(4-2)20(22)24/h5-6,10-11,15,17H,3-4,7-9,12-14H2,1-2H3. The van der Waals surface area contributed by atoms with E-state index in [1.807, 2.05) is 36.1 Å². The summed E-state index contributed by atoms with van der Waals surface area (Å²) in [6, 6.07) is 7.94. The van der Waals surface area contributed by atoms with Gasteiger partial charge in [0, 0.05) is 25.6 Å². The van der Waals surface area contributed by atoms with Gasteiger partial charge in [-0.15, -0.1) is 0 Å². The van der Waals surface area contributed by atoms with E-state index in [2.05, 4.69) is 6.92 Å². The third-order valence-corrected chi connectivity index (χ3v) is 5.31. The van der Waals surface area contributed by atoms with Gasteiger partial charge in [0.05, 0.1) is 5.69 Å². The molecule has 5 nitrogen and oxygen atoms in total. The van der Waals surface area contributed by atoms with Gasteiger partial charge in [-0.05, 0) is 44.2 Å².